The summed E-state index contributed by atoms with van der Waals surface area (Å²) in [6.07, 6.45) is 1.70. The first-order valence-corrected chi connectivity index (χ1v) is 5.85. The number of rotatable bonds is 5. The summed E-state index contributed by atoms with van der Waals surface area (Å²) < 4.78 is 10.8. The van der Waals surface area contributed by atoms with E-state index >= 15 is 0 Å². The minimum atomic E-state index is -0.682. The lowest BCUT2D eigenvalue weighted by atomic mass is 9.81. The number of hydrogen-bond donors (Lipinski definition) is 0. The van der Waals surface area contributed by atoms with Crippen molar-refractivity contribution in [3.63, 3.8) is 0 Å². The average Bonchev–Trinajstić information content (AvgIpc) is 2.86. The van der Waals surface area contributed by atoms with Crippen molar-refractivity contribution >= 4 is 5.97 Å². The first-order chi connectivity index (χ1) is 6.98. The Morgan fingerprint density at radius 3 is 2.40 bits per heavy atom. The minimum absolute atomic E-state index is 0.199. The molecule has 0 aromatic carbocycles. The molecule has 1 aliphatic heterocycles. The Bertz CT molecular complexity index is 251. The number of esters is 1. The molecule has 88 valence electrons. The Morgan fingerprint density at radius 2 is 2.00 bits per heavy atom. The van der Waals surface area contributed by atoms with Gasteiger partial charge in [-0.05, 0) is 26.2 Å². The molecule has 0 aromatic rings. The fraction of sp³-hybridized carbons (Fsp3) is 0.917. The molecule has 0 amide bonds. The van der Waals surface area contributed by atoms with Crippen LogP contribution < -0.4 is 0 Å². The van der Waals surface area contributed by atoms with Gasteiger partial charge >= 0.3 is 5.97 Å². The molecule has 3 nitrogen and oxygen atoms in total. The molecule has 1 aliphatic rings. The van der Waals surface area contributed by atoms with Gasteiger partial charge in [0.1, 0.15) is 5.60 Å². The second-order valence-electron chi connectivity index (χ2n) is 4.42. The maximum Gasteiger partial charge on any atom is 0.341 e. The van der Waals surface area contributed by atoms with E-state index in [4.69, 9.17) is 9.47 Å². The Kier molecular flexibility index (Phi) is 3.44. The van der Waals surface area contributed by atoms with E-state index in [2.05, 4.69) is 13.8 Å². The number of carbonyl (C=O) groups excluding carboxylic acids is 1. The lowest BCUT2D eigenvalue weighted by Gasteiger charge is -2.19. The second-order valence-corrected chi connectivity index (χ2v) is 4.42. The van der Waals surface area contributed by atoms with Crippen LogP contribution in [0.3, 0.4) is 0 Å². The van der Waals surface area contributed by atoms with Crippen LogP contribution in [-0.2, 0) is 14.3 Å². The van der Waals surface area contributed by atoms with E-state index < -0.39 is 5.60 Å². The highest BCUT2D eigenvalue weighted by molar-refractivity contribution is 5.84. The fourth-order valence-corrected chi connectivity index (χ4v) is 2.28. The third-order valence-electron chi connectivity index (χ3n) is 3.80. The van der Waals surface area contributed by atoms with Gasteiger partial charge in [0.25, 0.3) is 0 Å². The summed E-state index contributed by atoms with van der Waals surface area (Å²) in [5, 5.41) is 0. The second kappa shape index (κ2) is 4.12. The van der Waals surface area contributed by atoms with Gasteiger partial charge in [0.05, 0.1) is 6.61 Å². The van der Waals surface area contributed by atoms with Crippen molar-refractivity contribution in [1.29, 1.82) is 0 Å². The summed E-state index contributed by atoms with van der Waals surface area (Å²) in [4.78, 5) is 11.8. The van der Waals surface area contributed by atoms with Crippen LogP contribution >= 0.6 is 0 Å². The summed E-state index contributed by atoms with van der Waals surface area (Å²) in [5.74, 6) is 0.178. The summed E-state index contributed by atoms with van der Waals surface area (Å²) in [6, 6.07) is 0. The molecule has 0 N–H and O–H groups in total. The van der Waals surface area contributed by atoms with Crippen LogP contribution in [0.4, 0.5) is 0 Å². The van der Waals surface area contributed by atoms with Gasteiger partial charge in [-0.2, -0.15) is 0 Å². The lowest BCUT2D eigenvalue weighted by Crippen LogP contribution is -2.37. The third kappa shape index (κ3) is 1.67. The molecule has 0 radical (unpaired) electrons. The topological polar surface area (TPSA) is 38.8 Å². The molecule has 0 aliphatic carbocycles. The van der Waals surface area contributed by atoms with Gasteiger partial charge < -0.3 is 9.47 Å². The van der Waals surface area contributed by atoms with E-state index in [0.717, 1.165) is 6.42 Å². The number of epoxide rings is 1. The van der Waals surface area contributed by atoms with Gasteiger partial charge in [0, 0.05) is 0 Å². The van der Waals surface area contributed by atoms with Crippen molar-refractivity contribution < 1.29 is 14.3 Å². The van der Waals surface area contributed by atoms with Crippen LogP contribution in [0.5, 0.6) is 0 Å². The Morgan fingerprint density at radius 1 is 1.40 bits per heavy atom. The largest absolute Gasteiger partial charge is 0.464 e. The maximum absolute atomic E-state index is 11.8. The highest BCUT2D eigenvalue weighted by Gasteiger charge is 2.73. The molecular formula is C12H22O3. The van der Waals surface area contributed by atoms with Gasteiger partial charge in [-0.15, -0.1) is 0 Å². The average molecular weight is 214 g/mol. The minimum Gasteiger partial charge on any atom is -0.464 e. The zero-order chi connectivity index (χ0) is 11.7. The molecule has 1 rings (SSSR count). The molecule has 3 heteroatoms. The van der Waals surface area contributed by atoms with Crippen molar-refractivity contribution in [2.24, 2.45) is 5.92 Å². The van der Waals surface area contributed by atoms with Crippen LogP contribution in [-0.4, -0.2) is 23.8 Å². The summed E-state index contributed by atoms with van der Waals surface area (Å²) in [5.41, 5.74) is -1.01. The Labute approximate surface area is 92.1 Å². The molecule has 3 atom stereocenters. The molecule has 1 saturated heterocycles. The standard InChI is InChI=1S/C12H22O3/c1-6-9(4)11(5)12(7-2,15-11)10(13)14-8-3/h9H,6-8H2,1-5H3. The molecule has 0 spiro atoms. The number of ether oxygens (including phenoxy) is 2. The van der Waals surface area contributed by atoms with E-state index in [9.17, 15) is 4.79 Å². The highest BCUT2D eigenvalue weighted by atomic mass is 16.7. The third-order valence-corrected chi connectivity index (χ3v) is 3.80. The normalized spacial score (nSPS) is 36.1. The molecule has 0 aromatic heterocycles. The predicted octanol–water partition coefficient (Wildman–Crippen LogP) is 2.53. The van der Waals surface area contributed by atoms with Gasteiger partial charge in [0.15, 0.2) is 5.60 Å². The van der Waals surface area contributed by atoms with E-state index in [1.807, 2.05) is 20.8 Å². The predicted molar refractivity (Wildman–Crippen MR) is 58.6 cm³/mol. The highest BCUT2D eigenvalue weighted by Crippen LogP contribution is 2.56. The quantitative estimate of drug-likeness (QED) is 0.521. The fourth-order valence-electron chi connectivity index (χ4n) is 2.28. The van der Waals surface area contributed by atoms with Gasteiger partial charge in [-0.1, -0.05) is 27.2 Å². The van der Waals surface area contributed by atoms with Crippen LogP contribution in [0.25, 0.3) is 0 Å². The molecule has 1 fully saturated rings. The van der Waals surface area contributed by atoms with Gasteiger partial charge in [-0.25, -0.2) is 4.79 Å². The van der Waals surface area contributed by atoms with Gasteiger partial charge in [-0.3, -0.25) is 0 Å². The monoisotopic (exact) mass is 214 g/mol. The molecule has 0 bridgehead atoms. The van der Waals surface area contributed by atoms with Crippen LogP contribution in [0.1, 0.15) is 47.5 Å². The van der Waals surface area contributed by atoms with Crippen LogP contribution in [0.2, 0.25) is 0 Å². The Balaban J connectivity index is 2.80. The number of carbonyl (C=O) groups is 1. The van der Waals surface area contributed by atoms with Crippen LogP contribution in [0.15, 0.2) is 0 Å². The molecule has 3 unspecified atom stereocenters. The molecule has 15 heavy (non-hydrogen) atoms. The van der Waals surface area contributed by atoms with Crippen molar-refractivity contribution in [2.75, 3.05) is 6.61 Å². The van der Waals surface area contributed by atoms with E-state index in [1.165, 1.54) is 0 Å². The van der Waals surface area contributed by atoms with Gasteiger partial charge in [0.2, 0.25) is 0 Å². The van der Waals surface area contributed by atoms with E-state index in [0.29, 0.717) is 18.9 Å². The smallest absolute Gasteiger partial charge is 0.341 e. The Hall–Kier alpha value is -0.570. The van der Waals surface area contributed by atoms with E-state index in [1.54, 1.807) is 0 Å². The van der Waals surface area contributed by atoms with Crippen molar-refractivity contribution in [1.82, 2.24) is 0 Å². The summed E-state index contributed by atoms with van der Waals surface area (Å²) >= 11 is 0. The molecule has 1 heterocycles. The SMILES string of the molecule is CCOC(=O)C1(CC)OC1(C)C(C)CC. The lowest BCUT2D eigenvalue weighted by molar-refractivity contribution is -0.149. The number of hydrogen-bond acceptors (Lipinski definition) is 3. The van der Waals surface area contributed by atoms with Crippen molar-refractivity contribution in [3.8, 4) is 0 Å². The van der Waals surface area contributed by atoms with Crippen LogP contribution in [0, 0.1) is 5.92 Å². The molecule has 0 saturated carbocycles. The molecular weight excluding hydrogens is 192 g/mol. The first-order valence-electron chi connectivity index (χ1n) is 5.85. The van der Waals surface area contributed by atoms with Crippen molar-refractivity contribution in [3.05, 3.63) is 0 Å². The zero-order valence-electron chi connectivity index (χ0n) is 10.4. The van der Waals surface area contributed by atoms with Crippen molar-refractivity contribution in [2.45, 2.75) is 58.7 Å². The summed E-state index contributed by atoms with van der Waals surface area (Å²) in [7, 11) is 0. The maximum atomic E-state index is 11.8. The first kappa shape index (κ1) is 12.5. The van der Waals surface area contributed by atoms with E-state index in [-0.39, 0.29) is 11.6 Å². The summed E-state index contributed by atoms with van der Waals surface area (Å²) in [6.45, 7) is 10.5. The zero-order valence-corrected chi connectivity index (χ0v) is 10.4.